The molecule has 0 aliphatic heterocycles. The minimum Gasteiger partial charge on any atom is -0.456 e. The topological polar surface area (TPSA) is 53.3 Å². The van der Waals surface area contributed by atoms with Crippen LogP contribution in [0.4, 0.5) is 0 Å². The van der Waals surface area contributed by atoms with Gasteiger partial charge in [0.05, 0.1) is 5.56 Å². The van der Waals surface area contributed by atoms with Crippen molar-refractivity contribution in [3.8, 4) is 17.6 Å². The van der Waals surface area contributed by atoms with E-state index in [-0.39, 0.29) is 5.91 Å². The second-order valence-electron chi connectivity index (χ2n) is 4.58. The summed E-state index contributed by atoms with van der Waals surface area (Å²) in [4.78, 5) is 13.4. The quantitative estimate of drug-likeness (QED) is 0.868. The number of hydrogen-bond donors (Lipinski definition) is 0. The number of rotatable bonds is 3. The predicted octanol–water partition coefficient (Wildman–Crippen LogP) is 3.71. The van der Waals surface area contributed by atoms with E-state index in [1.54, 1.807) is 50.5 Å². The molecule has 0 aromatic heterocycles. The highest BCUT2D eigenvalue weighted by Gasteiger charge is 2.10. The Hall–Kier alpha value is -2.51. The molecule has 0 N–H and O–H groups in total. The largest absolute Gasteiger partial charge is 0.456 e. The van der Waals surface area contributed by atoms with Gasteiger partial charge in [0.25, 0.3) is 5.91 Å². The Balaban J connectivity index is 2.31. The number of nitriles is 1. The molecule has 2 aromatic rings. The fraction of sp³-hybridized carbons (Fsp3) is 0.125. The van der Waals surface area contributed by atoms with Crippen molar-refractivity contribution in [1.82, 2.24) is 4.90 Å². The monoisotopic (exact) mass is 300 g/mol. The lowest BCUT2D eigenvalue weighted by molar-refractivity contribution is 0.0827. The highest BCUT2D eigenvalue weighted by atomic mass is 35.5. The molecule has 0 saturated carbocycles. The molecule has 0 atom stereocenters. The molecule has 5 heteroatoms. The van der Waals surface area contributed by atoms with E-state index in [0.717, 1.165) is 0 Å². The Kier molecular flexibility index (Phi) is 4.46. The summed E-state index contributed by atoms with van der Waals surface area (Å²) < 4.78 is 5.67. The van der Waals surface area contributed by atoms with Crippen molar-refractivity contribution in [1.29, 1.82) is 5.26 Å². The lowest BCUT2D eigenvalue weighted by Crippen LogP contribution is -2.21. The maximum atomic E-state index is 11.9. The molecule has 0 saturated heterocycles. The number of carbonyl (C=O) groups is 1. The molecule has 1 amide bonds. The number of amides is 1. The summed E-state index contributed by atoms with van der Waals surface area (Å²) in [6.07, 6.45) is 0. The lowest BCUT2D eigenvalue weighted by atomic mass is 10.2. The smallest absolute Gasteiger partial charge is 0.253 e. The van der Waals surface area contributed by atoms with Crippen LogP contribution in [0, 0.1) is 11.3 Å². The summed E-state index contributed by atoms with van der Waals surface area (Å²) in [6.45, 7) is 0. The van der Waals surface area contributed by atoms with Crippen LogP contribution < -0.4 is 4.74 Å². The molecule has 0 spiro atoms. The standard InChI is InChI=1S/C16H13ClN2O2/c1-19(2)16(20)11-4-3-5-14(9-11)21-15-7-6-13(17)8-12(15)10-18/h3-9H,1-2H3. The zero-order valence-electron chi connectivity index (χ0n) is 11.6. The van der Waals surface area contributed by atoms with E-state index in [9.17, 15) is 4.79 Å². The lowest BCUT2D eigenvalue weighted by Gasteiger charge is -2.12. The SMILES string of the molecule is CN(C)C(=O)c1cccc(Oc2ccc(Cl)cc2C#N)c1. The zero-order valence-corrected chi connectivity index (χ0v) is 12.4. The van der Waals surface area contributed by atoms with Gasteiger partial charge in [-0.2, -0.15) is 5.26 Å². The third kappa shape index (κ3) is 3.53. The number of carbonyl (C=O) groups excluding carboxylic acids is 1. The number of nitrogens with zero attached hydrogens (tertiary/aromatic N) is 2. The molecule has 2 aromatic carbocycles. The molecule has 0 aliphatic rings. The minimum atomic E-state index is -0.114. The number of benzene rings is 2. The number of ether oxygens (including phenoxy) is 1. The summed E-state index contributed by atoms with van der Waals surface area (Å²) in [5.74, 6) is 0.773. The first kappa shape index (κ1) is 14.9. The van der Waals surface area contributed by atoms with Gasteiger partial charge in [0, 0.05) is 24.7 Å². The van der Waals surface area contributed by atoms with Crippen LogP contribution in [-0.2, 0) is 0 Å². The van der Waals surface area contributed by atoms with Crippen LogP contribution >= 0.6 is 11.6 Å². The number of halogens is 1. The first-order chi connectivity index (χ1) is 10.0. The van der Waals surface area contributed by atoms with E-state index in [2.05, 4.69) is 0 Å². The average Bonchev–Trinajstić information content (AvgIpc) is 2.48. The van der Waals surface area contributed by atoms with Gasteiger partial charge in [-0.25, -0.2) is 0 Å². The van der Waals surface area contributed by atoms with E-state index in [1.807, 2.05) is 6.07 Å². The van der Waals surface area contributed by atoms with Crippen LogP contribution in [0.3, 0.4) is 0 Å². The second-order valence-corrected chi connectivity index (χ2v) is 5.02. The van der Waals surface area contributed by atoms with E-state index >= 15 is 0 Å². The van der Waals surface area contributed by atoms with Crippen LogP contribution in [0.1, 0.15) is 15.9 Å². The predicted molar refractivity (Wildman–Crippen MR) is 80.7 cm³/mol. The number of hydrogen-bond acceptors (Lipinski definition) is 3. The summed E-state index contributed by atoms with van der Waals surface area (Å²) in [6, 6.07) is 13.6. The van der Waals surface area contributed by atoms with Crippen molar-refractivity contribution in [3.05, 3.63) is 58.6 Å². The van der Waals surface area contributed by atoms with E-state index in [0.29, 0.717) is 27.6 Å². The third-order valence-electron chi connectivity index (χ3n) is 2.78. The Morgan fingerprint density at radius 3 is 2.67 bits per heavy atom. The van der Waals surface area contributed by atoms with Crippen LogP contribution in [-0.4, -0.2) is 24.9 Å². The summed E-state index contributed by atoms with van der Waals surface area (Å²) in [7, 11) is 3.37. The van der Waals surface area contributed by atoms with Crippen LogP contribution in [0.25, 0.3) is 0 Å². The molecule has 0 bridgehead atoms. The summed E-state index contributed by atoms with van der Waals surface area (Å²) in [5.41, 5.74) is 0.858. The van der Waals surface area contributed by atoms with Crippen molar-refractivity contribution >= 4 is 17.5 Å². The molecule has 0 aliphatic carbocycles. The molecular weight excluding hydrogens is 288 g/mol. The molecule has 0 heterocycles. The van der Waals surface area contributed by atoms with Gasteiger partial charge < -0.3 is 9.64 Å². The van der Waals surface area contributed by atoms with Crippen LogP contribution in [0.2, 0.25) is 5.02 Å². The van der Waals surface area contributed by atoms with Gasteiger partial charge in [0.15, 0.2) is 0 Å². The first-order valence-electron chi connectivity index (χ1n) is 6.20. The molecular formula is C16H13ClN2O2. The fourth-order valence-electron chi connectivity index (χ4n) is 1.76. The van der Waals surface area contributed by atoms with Crippen molar-refractivity contribution in [2.45, 2.75) is 0 Å². The minimum absolute atomic E-state index is 0.114. The van der Waals surface area contributed by atoms with Gasteiger partial charge >= 0.3 is 0 Å². The average molecular weight is 301 g/mol. The van der Waals surface area contributed by atoms with Gasteiger partial charge in [-0.1, -0.05) is 17.7 Å². The highest BCUT2D eigenvalue weighted by Crippen LogP contribution is 2.28. The second kappa shape index (κ2) is 6.29. The normalized spacial score (nSPS) is 9.81. The molecule has 106 valence electrons. The molecule has 4 nitrogen and oxygen atoms in total. The molecule has 2 rings (SSSR count). The molecule has 0 radical (unpaired) electrons. The fourth-order valence-corrected chi connectivity index (χ4v) is 1.93. The molecule has 0 fully saturated rings. The Labute approximate surface area is 128 Å². The van der Waals surface area contributed by atoms with Gasteiger partial charge in [-0.3, -0.25) is 4.79 Å². The van der Waals surface area contributed by atoms with E-state index in [4.69, 9.17) is 21.6 Å². The molecule has 0 unspecified atom stereocenters. The summed E-state index contributed by atoms with van der Waals surface area (Å²) in [5, 5.41) is 9.56. The first-order valence-corrected chi connectivity index (χ1v) is 6.58. The van der Waals surface area contributed by atoms with Crippen molar-refractivity contribution in [2.24, 2.45) is 0 Å². The van der Waals surface area contributed by atoms with E-state index in [1.165, 1.54) is 11.0 Å². The van der Waals surface area contributed by atoms with Gasteiger partial charge in [0.1, 0.15) is 17.6 Å². The van der Waals surface area contributed by atoms with E-state index < -0.39 is 0 Å². The van der Waals surface area contributed by atoms with Gasteiger partial charge in [-0.15, -0.1) is 0 Å². The maximum Gasteiger partial charge on any atom is 0.253 e. The van der Waals surface area contributed by atoms with Crippen molar-refractivity contribution < 1.29 is 9.53 Å². The Morgan fingerprint density at radius 2 is 2.00 bits per heavy atom. The van der Waals surface area contributed by atoms with Crippen molar-refractivity contribution in [3.63, 3.8) is 0 Å². The Morgan fingerprint density at radius 1 is 1.24 bits per heavy atom. The van der Waals surface area contributed by atoms with Crippen LogP contribution in [0.5, 0.6) is 11.5 Å². The zero-order chi connectivity index (χ0) is 15.4. The van der Waals surface area contributed by atoms with Crippen LogP contribution in [0.15, 0.2) is 42.5 Å². The van der Waals surface area contributed by atoms with Crippen molar-refractivity contribution in [2.75, 3.05) is 14.1 Å². The molecule has 21 heavy (non-hydrogen) atoms. The Bertz CT molecular complexity index is 720. The maximum absolute atomic E-state index is 11.9. The summed E-state index contributed by atoms with van der Waals surface area (Å²) >= 11 is 5.84. The van der Waals surface area contributed by atoms with Gasteiger partial charge in [-0.05, 0) is 36.4 Å². The highest BCUT2D eigenvalue weighted by molar-refractivity contribution is 6.30. The third-order valence-corrected chi connectivity index (χ3v) is 3.01. The van der Waals surface area contributed by atoms with Gasteiger partial charge in [0.2, 0.25) is 0 Å².